The smallest absolute Gasteiger partial charge is 0.261 e. The number of halogens is 1. The van der Waals surface area contributed by atoms with Crippen molar-refractivity contribution in [3.05, 3.63) is 65.3 Å². The Kier molecular flexibility index (Phi) is 12.5. The molecule has 2 heterocycles. The lowest BCUT2D eigenvalue weighted by Crippen LogP contribution is -2.48. The average Bonchev–Trinajstić information content (AvgIpc) is 3.40. The average molecular weight is 725 g/mol. The molecule has 0 radical (unpaired) electrons. The maximum absolute atomic E-state index is 14.4. The van der Waals surface area contributed by atoms with E-state index in [1.807, 2.05) is 13.8 Å². The fraction of sp³-hybridized carbons (Fsp3) is 0.515. The van der Waals surface area contributed by atoms with Crippen molar-refractivity contribution in [1.82, 2.24) is 14.4 Å². The molecule has 0 saturated heterocycles. The number of benzene rings is 2. The van der Waals surface area contributed by atoms with Crippen LogP contribution in [0.2, 0.25) is 0 Å². The minimum Gasteiger partial charge on any atom is -0.490 e. The molecule has 1 amide bonds. The number of nitrogens with one attached hydrogen (secondary N) is 1. The summed E-state index contributed by atoms with van der Waals surface area (Å²) in [4.78, 5) is 15.6. The molecular weight excluding hydrogens is 680 g/mol. The van der Waals surface area contributed by atoms with Crippen LogP contribution in [0.5, 0.6) is 5.75 Å². The SMILES string of the molecule is Cc1noc(C)c1S(=O)(=O)N(C)C[C@@H]1OCCCC[C@H](C)Oc2ccc(NS(=O)(=O)c3ccc(F)cc3)cc2C(=O)N([C@@H](C)CO)C[C@H]1C. The van der Waals surface area contributed by atoms with Crippen molar-refractivity contribution in [2.75, 3.05) is 38.1 Å². The standard InChI is InChI=1S/C33H45FN4O9S2/c1-21-18-38(22(2)20-39)33(40)29-17-27(36-48(41,42)28-13-10-26(34)11-14-28)12-15-30(29)46-23(3)9-7-8-16-45-31(21)19-37(6)49(43,44)32-24(4)35-47-25(32)5/h10-15,17,21-23,31,36,39H,7-9,16,18-20H2,1-6H3/t21-,22+,23+,31+/m1/s1. The number of anilines is 1. The lowest BCUT2D eigenvalue weighted by atomic mass is 10.0. The van der Waals surface area contributed by atoms with Gasteiger partial charge in [-0.2, -0.15) is 4.31 Å². The highest BCUT2D eigenvalue weighted by atomic mass is 32.2. The van der Waals surface area contributed by atoms with Crippen LogP contribution < -0.4 is 9.46 Å². The summed E-state index contributed by atoms with van der Waals surface area (Å²) in [6.07, 6.45) is 1.05. The van der Waals surface area contributed by atoms with Gasteiger partial charge in [0.1, 0.15) is 22.2 Å². The molecule has 0 saturated carbocycles. The number of hydrogen-bond donors (Lipinski definition) is 2. The van der Waals surface area contributed by atoms with Gasteiger partial charge in [-0.25, -0.2) is 21.2 Å². The molecule has 1 aliphatic rings. The van der Waals surface area contributed by atoms with Gasteiger partial charge in [-0.1, -0.05) is 12.1 Å². The molecule has 3 aromatic rings. The number of ether oxygens (including phenoxy) is 2. The first-order valence-electron chi connectivity index (χ1n) is 16.1. The first kappa shape index (κ1) is 38.2. The fourth-order valence-electron chi connectivity index (χ4n) is 5.63. The van der Waals surface area contributed by atoms with E-state index >= 15 is 0 Å². The van der Waals surface area contributed by atoms with Crippen LogP contribution in [0, 0.1) is 25.6 Å². The van der Waals surface area contributed by atoms with Crippen LogP contribution in [0.1, 0.15) is 61.8 Å². The predicted molar refractivity (Wildman–Crippen MR) is 180 cm³/mol. The maximum atomic E-state index is 14.4. The van der Waals surface area contributed by atoms with E-state index in [0.717, 1.165) is 30.7 Å². The third-order valence-corrected chi connectivity index (χ3v) is 12.0. The van der Waals surface area contributed by atoms with Crippen LogP contribution in [-0.4, -0.2) is 93.8 Å². The molecule has 0 spiro atoms. The van der Waals surface area contributed by atoms with Crippen molar-refractivity contribution in [1.29, 1.82) is 0 Å². The molecule has 4 atom stereocenters. The van der Waals surface area contributed by atoms with Gasteiger partial charge in [-0.05, 0) is 89.4 Å². The van der Waals surface area contributed by atoms with Crippen molar-refractivity contribution in [3.63, 3.8) is 0 Å². The van der Waals surface area contributed by atoms with Gasteiger partial charge in [-0.3, -0.25) is 9.52 Å². The molecule has 0 unspecified atom stereocenters. The number of aromatic nitrogens is 1. The van der Waals surface area contributed by atoms with Crippen molar-refractivity contribution in [3.8, 4) is 5.75 Å². The highest BCUT2D eigenvalue weighted by molar-refractivity contribution is 7.92. The molecule has 4 rings (SSSR count). The van der Waals surface area contributed by atoms with E-state index in [1.54, 1.807) is 13.8 Å². The Bertz CT molecular complexity index is 1800. The molecular formula is C33H45FN4O9S2. The number of nitrogens with zero attached hydrogens (tertiary/aromatic N) is 3. The summed E-state index contributed by atoms with van der Waals surface area (Å²) in [6.45, 7) is 8.44. The van der Waals surface area contributed by atoms with Crippen LogP contribution in [0.25, 0.3) is 0 Å². The van der Waals surface area contributed by atoms with Gasteiger partial charge in [0.25, 0.3) is 15.9 Å². The van der Waals surface area contributed by atoms with E-state index in [4.69, 9.17) is 14.0 Å². The molecule has 0 fully saturated rings. The zero-order valence-electron chi connectivity index (χ0n) is 28.5. The summed E-state index contributed by atoms with van der Waals surface area (Å²) < 4.78 is 88.0. The highest BCUT2D eigenvalue weighted by Gasteiger charge is 2.34. The third kappa shape index (κ3) is 9.16. The fourth-order valence-corrected chi connectivity index (χ4v) is 8.14. The first-order valence-corrected chi connectivity index (χ1v) is 19.0. The molecule has 13 nitrogen and oxygen atoms in total. The Morgan fingerprint density at radius 1 is 1.10 bits per heavy atom. The summed E-state index contributed by atoms with van der Waals surface area (Å²) in [5, 5.41) is 14.0. The quantitative estimate of drug-likeness (QED) is 0.324. The first-order chi connectivity index (χ1) is 23.0. The lowest BCUT2D eigenvalue weighted by Gasteiger charge is -2.35. The number of fused-ring (bicyclic) bond motifs is 1. The number of aliphatic hydroxyl groups excluding tert-OH is 1. The Morgan fingerprint density at radius 2 is 1.80 bits per heavy atom. The van der Waals surface area contributed by atoms with Gasteiger partial charge in [0.15, 0.2) is 5.76 Å². The van der Waals surface area contributed by atoms with Gasteiger partial charge in [0.05, 0.1) is 35.3 Å². The second-order valence-corrected chi connectivity index (χ2v) is 16.2. The van der Waals surface area contributed by atoms with Gasteiger partial charge in [0, 0.05) is 38.3 Å². The van der Waals surface area contributed by atoms with Crippen molar-refractivity contribution >= 4 is 31.6 Å². The monoisotopic (exact) mass is 724 g/mol. The number of sulfonamides is 2. The Morgan fingerprint density at radius 3 is 2.43 bits per heavy atom. The number of amides is 1. The second-order valence-electron chi connectivity index (χ2n) is 12.5. The van der Waals surface area contributed by atoms with E-state index in [-0.39, 0.29) is 64.0 Å². The van der Waals surface area contributed by atoms with Crippen molar-refractivity contribution in [2.24, 2.45) is 5.92 Å². The molecule has 270 valence electrons. The zero-order chi connectivity index (χ0) is 36.1. The molecule has 0 aliphatic carbocycles. The number of carbonyl (C=O) groups excluding carboxylic acids is 1. The molecule has 0 bridgehead atoms. The Hall–Kier alpha value is -3.57. The topological polar surface area (TPSA) is 169 Å². The van der Waals surface area contributed by atoms with E-state index in [9.17, 15) is 31.1 Å². The minimum absolute atomic E-state index is 0.00861. The third-order valence-electron chi connectivity index (χ3n) is 8.50. The van der Waals surface area contributed by atoms with Gasteiger partial charge < -0.3 is 24.0 Å². The Labute approximate surface area is 287 Å². The second kappa shape index (κ2) is 16.0. The number of rotatable bonds is 9. The normalized spacial score (nSPS) is 20.7. The highest BCUT2D eigenvalue weighted by Crippen LogP contribution is 2.30. The van der Waals surface area contributed by atoms with Crippen LogP contribution in [0.15, 0.2) is 56.8 Å². The molecule has 49 heavy (non-hydrogen) atoms. The van der Waals surface area contributed by atoms with E-state index in [1.165, 1.54) is 41.4 Å². The van der Waals surface area contributed by atoms with Crippen molar-refractivity contribution < 1.29 is 45.1 Å². The summed E-state index contributed by atoms with van der Waals surface area (Å²) in [5.74, 6) is -1.14. The minimum atomic E-state index is -4.13. The number of likely N-dealkylation sites (N-methyl/N-ethyl adjacent to an activating group) is 1. The zero-order valence-corrected chi connectivity index (χ0v) is 30.2. The van der Waals surface area contributed by atoms with Gasteiger partial charge >= 0.3 is 0 Å². The van der Waals surface area contributed by atoms with Gasteiger partial charge in [0.2, 0.25) is 10.0 Å². The van der Waals surface area contributed by atoms with Gasteiger partial charge in [-0.15, -0.1) is 0 Å². The Balaban J connectivity index is 1.69. The number of carbonyl (C=O) groups is 1. The van der Waals surface area contributed by atoms with Crippen LogP contribution >= 0.6 is 0 Å². The van der Waals surface area contributed by atoms with Crippen LogP contribution in [-0.2, 0) is 24.8 Å². The van der Waals surface area contributed by atoms with E-state index in [2.05, 4.69) is 9.88 Å². The van der Waals surface area contributed by atoms with E-state index < -0.39 is 49.8 Å². The summed E-state index contributed by atoms with van der Waals surface area (Å²) in [5.41, 5.74) is 0.379. The molecule has 2 aromatic carbocycles. The molecule has 1 aliphatic heterocycles. The number of aryl methyl sites for hydroxylation is 2. The molecule has 1 aromatic heterocycles. The largest absolute Gasteiger partial charge is 0.490 e. The van der Waals surface area contributed by atoms with Crippen molar-refractivity contribution in [2.45, 2.75) is 81.9 Å². The molecule has 2 N–H and O–H groups in total. The lowest BCUT2D eigenvalue weighted by molar-refractivity contribution is -0.00835. The van der Waals surface area contributed by atoms with E-state index in [0.29, 0.717) is 19.4 Å². The predicted octanol–water partition coefficient (Wildman–Crippen LogP) is 4.35. The summed E-state index contributed by atoms with van der Waals surface area (Å²) in [7, 11) is -6.67. The molecule has 16 heteroatoms. The number of hydrogen-bond acceptors (Lipinski definition) is 10. The summed E-state index contributed by atoms with van der Waals surface area (Å²) in [6, 6.07) is 8.02. The maximum Gasteiger partial charge on any atom is 0.261 e. The van der Waals surface area contributed by atoms with Crippen LogP contribution in [0.4, 0.5) is 10.1 Å². The summed E-state index contributed by atoms with van der Waals surface area (Å²) >= 11 is 0. The number of aliphatic hydroxyl groups is 1. The van der Waals surface area contributed by atoms with Crippen LogP contribution in [0.3, 0.4) is 0 Å².